The topological polar surface area (TPSA) is 88.5 Å². The second kappa shape index (κ2) is 5.43. The fourth-order valence-corrected chi connectivity index (χ4v) is 2.75. The summed E-state index contributed by atoms with van der Waals surface area (Å²) in [6.45, 7) is 0. The van der Waals surface area contributed by atoms with E-state index in [0.29, 0.717) is 5.56 Å². The number of hydrogen-bond donors (Lipinski definition) is 1. The van der Waals surface area contributed by atoms with Crippen LogP contribution in [0.1, 0.15) is 31.8 Å². The molecule has 0 atom stereocenters. The first-order valence-corrected chi connectivity index (χ1v) is 7.13. The van der Waals surface area contributed by atoms with Crippen LogP contribution >= 0.6 is 0 Å². The van der Waals surface area contributed by atoms with Crippen molar-refractivity contribution in [3.8, 4) is 0 Å². The van der Waals surface area contributed by atoms with Crippen LogP contribution < -0.4 is 0 Å². The van der Waals surface area contributed by atoms with Crippen molar-refractivity contribution in [1.82, 2.24) is 0 Å². The van der Waals surface area contributed by atoms with E-state index in [-0.39, 0.29) is 49.8 Å². The van der Waals surface area contributed by atoms with Gasteiger partial charge in [0.1, 0.15) is 0 Å². The van der Waals surface area contributed by atoms with E-state index in [1.165, 1.54) is 12.1 Å². The molecule has 0 unspecified atom stereocenters. The molecule has 2 aromatic rings. The molecule has 1 radical (unpaired) electrons. The third kappa shape index (κ3) is 2.58. The number of ketones is 2. The minimum Gasteiger partial charge on any atom is -0.289 e. The third-order valence-corrected chi connectivity index (χ3v) is 4.04. The summed E-state index contributed by atoms with van der Waals surface area (Å²) in [5.41, 5.74) is 0.659. The summed E-state index contributed by atoms with van der Waals surface area (Å²) in [6.07, 6.45) is 0. The van der Waals surface area contributed by atoms with Gasteiger partial charge in [-0.3, -0.25) is 14.1 Å². The Balaban J connectivity index is 0.00000161. The number of rotatable bonds is 1. The van der Waals surface area contributed by atoms with Gasteiger partial charge in [0.15, 0.2) is 11.6 Å². The first-order chi connectivity index (χ1) is 9.39. The first-order valence-electron chi connectivity index (χ1n) is 5.69. The largest absolute Gasteiger partial charge is 0.294 e. The number of hydrogen-bond acceptors (Lipinski definition) is 4. The zero-order valence-corrected chi connectivity index (χ0v) is 15.9. The van der Waals surface area contributed by atoms with Crippen LogP contribution in [0.15, 0.2) is 47.4 Å². The molecule has 0 aromatic heterocycles. The van der Waals surface area contributed by atoms with Gasteiger partial charge < -0.3 is 0 Å². The Morgan fingerprint density at radius 2 is 1.24 bits per heavy atom. The van der Waals surface area contributed by atoms with E-state index in [9.17, 15) is 18.0 Å². The average molecular weight is 493 g/mol. The smallest absolute Gasteiger partial charge is 0.289 e. The minimum atomic E-state index is -4.42. The molecule has 1 aliphatic carbocycles. The maximum atomic E-state index is 12.3. The number of carbonyl (C=O) groups excluding carboxylic acids is 2. The maximum absolute atomic E-state index is 12.3. The van der Waals surface area contributed by atoms with E-state index < -0.39 is 20.8 Å². The molecule has 0 saturated heterocycles. The van der Waals surface area contributed by atoms with Crippen LogP contribution in [0.2, 0.25) is 0 Å². The molecule has 0 amide bonds. The van der Waals surface area contributed by atoms with Gasteiger partial charge in [-0.2, -0.15) is 8.42 Å². The predicted molar refractivity (Wildman–Crippen MR) is 75.3 cm³/mol. The summed E-state index contributed by atoms with van der Waals surface area (Å²) in [7, 11) is -4.42. The van der Waals surface area contributed by atoms with E-state index in [2.05, 4.69) is 0 Å². The molecule has 0 bridgehead atoms. The molecular weight excluding hydrogens is 485 g/mol. The van der Waals surface area contributed by atoms with Gasteiger partial charge in [0.05, 0.1) is 4.90 Å². The van der Waals surface area contributed by atoms with Crippen molar-refractivity contribution in [1.29, 1.82) is 0 Å². The van der Waals surface area contributed by atoms with E-state index in [1.54, 1.807) is 18.2 Å². The van der Waals surface area contributed by atoms with Crippen LogP contribution in [-0.2, 0) is 10.1 Å². The van der Waals surface area contributed by atoms with E-state index in [1.807, 2.05) is 0 Å². The summed E-state index contributed by atoms with van der Waals surface area (Å²) in [4.78, 5) is 24.1. The molecule has 21 heavy (non-hydrogen) atoms. The zero-order chi connectivity index (χ0) is 14.5. The monoisotopic (exact) mass is 493 g/mol. The third-order valence-electron chi connectivity index (χ3n) is 3.19. The normalized spacial score (nSPS) is 13.2. The molecule has 0 heterocycles. The molecule has 103 valence electrons. The van der Waals surface area contributed by atoms with Crippen molar-refractivity contribution in [3.05, 3.63) is 64.7 Å². The summed E-state index contributed by atoms with van der Waals surface area (Å²) in [6, 6.07) is 9.72. The molecule has 3 rings (SSSR count). The molecule has 1 N–H and O–H groups in total. The molecule has 2 aromatic carbocycles. The molecule has 1 aliphatic rings. The van der Waals surface area contributed by atoms with Crippen molar-refractivity contribution < 1.29 is 22.6 Å². The van der Waals surface area contributed by atoms with Crippen molar-refractivity contribution in [3.63, 3.8) is 0 Å². The number of fused-ring (bicyclic) bond motifs is 2. The van der Waals surface area contributed by atoms with Crippen molar-refractivity contribution in [2.24, 2.45) is 0 Å². The van der Waals surface area contributed by atoms with Crippen molar-refractivity contribution in [2.45, 2.75) is 4.90 Å². The van der Waals surface area contributed by atoms with Crippen LogP contribution in [0.4, 0.5) is 0 Å². The SMILES string of the molecule is O=C1c2ccccc2C(=O)c2cc(S(=O)(=O)O)ccc21.[Tl]. The summed E-state index contributed by atoms with van der Waals surface area (Å²) in [5.74, 6) is -0.766. The Morgan fingerprint density at radius 3 is 1.76 bits per heavy atom. The average Bonchev–Trinajstić information content (AvgIpc) is 2.43. The fraction of sp³-hybridized carbons (Fsp3) is 0. The van der Waals surface area contributed by atoms with Crippen molar-refractivity contribution >= 4 is 49.0 Å². The molecule has 0 fully saturated rings. The predicted octanol–water partition coefficient (Wildman–Crippen LogP) is 1.33. The summed E-state index contributed by atoms with van der Waals surface area (Å²) in [5, 5.41) is 0. The van der Waals surface area contributed by atoms with Gasteiger partial charge in [-0.05, 0) is 18.2 Å². The quantitative estimate of drug-likeness (QED) is 0.409. The van der Waals surface area contributed by atoms with Crippen LogP contribution in [0.3, 0.4) is 0 Å². The molecule has 0 aliphatic heterocycles. The van der Waals surface area contributed by atoms with Crippen LogP contribution in [0.5, 0.6) is 0 Å². The fourth-order valence-electron chi connectivity index (χ4n) is 2.24. The number of benzene rings is 2. The van der Waals surface area contributed by atoms with Gasteiger partial charge in [0.2, 0.25) is 0 Å². The van der Waals surface area contributed by atoms with Gasteiger partial charge >= 0.3 is 0 Å². The first kappa shape index (κ1) is 16.0. The number of carbonyl (C=O) groups is 2. The Hall–Kier alpha value is -1.39. The van der Waals surface area contributed by atoms with Crippen molar-refractivity contribution in [2.75, 3.05) is 0 Å². The molecule has 5 nitrogen and oxygen atoms in total. The van der Waals surface area contributed by atoms with Gasteiger partial charge in [-0.1, -0.05) is 24.3 Å². The van der Waals surface area contributed by atoms with Crippen LogP contribution in [-0.4, -0.2) is 51.8 Å². The Labute approximate surface area is 140 Å². The second-order valence-electron chi connectivity index (χ2n) is 4.39. The Bertz CT molecular complexity index is 871. The van der Waals surface area contributed by atoms with Gasteiger partial charge in [-0.15, -0.1) is 0 Å². The van der Waals surface area contributed by atoms with E-state index in [0.717, 1.165) is 12.1 Å². The Kier molecular flexibility index (Phi) is 4.13. The van der Waals surface area contributed by atoms with E-state index in [4.69, 9.17) is 4.55 Å². The van der Waals surface area contributed by atoms with E-state index >= 15 is 0 Å². The summed E-state index contributed by atoms with van der Waals surface area (Å²) >= 11 is 0. The van der Waals surface area contributed by atoms with Gasteiger partial charge in [0.25, 0.3) is 10.1 Å². The molecule has 0 spiro atoms. The van der Waals surface area contributed by atoms with Gasteiger partial charge in [-0.25, -0.2) is 0 Å². The maximum Gasteiger partial charge on any atom is 0.294 e. The van der Waals surface area contributed by atoms with Crippen LogP contribution in [0.25, 0.3) is 0 Å². The summed E-state index contributed by atoms with van der Waals surface area (Å²) < 4.78 is 31.2. The zero-order valence-electron chi connectivity index (χ0n) is 10.6. The molecular formula is C14H8O5STl. The molecule has 0 saturated carbocycles. The Morgan fingerprint density at radius 1 is 0.762 bits per heavy atom. The second-order valence-corrected chi connectivity index (χ2v) is 5.81. The standard InChI is InChI=1S/C14H8O5S.Tl/c15-13-9-3-1-2-4-10(9)14(16)12-7-8(20(17,18)19)5-6-11(12)13;/h1-7H,(H,17,18,19);. The van der Waals surface area contributed by atoms with Gasteiger partial charge in [0, 0.05) is 49.6 Å². The minimum absolute atomic E-state index is 0. The van der Waals surface area contributed by atoms with Crippen LogP contribution in [0, 0.1) is 0 Å². The molecule has 7 heteroatoms.